The van der Waals surface area contributed by atoms with Crippen molar-refractivity contribution in [1.29, 1.82) is 0 Å². The van der Waals surface area contributed by atoms with Crippen LogP contribution in [-0.2, 0) is 25.6 Å². The highest BCUT2D eigenvalue weighted by atomic mass is 19.4. The summed E-state index contributed by atoms with van der Waals surface area (Å²) in [5, 5.41) is 1.36. The van der Waals surface area contributed by atoms with Crippen molar-refractivity contribution in [2.24, 2.45) is 0 Å². The molecule has 158 valence electrons. The van der Waals surface area contributed by atoms with Gasteiger partial charge in [-0.2, -0.15) is 13.2 Å². The van der Waals surface area contributed by atoms with Gasteiger partial charge in [-0.1, -0.05) is 23.8 Å². The SMILES string of the molecule is Cc1ccc2c(c1)c1c(n2CCc2ccc(C(F)(F)F)cc2)CC2CCCC1N2C. The fraction of sp³-hybridized carbons (Fsp3) is 0.440. The Morgan fingerprint density at radius 2 is 1.80 bits per heavy atom. The second-order valence-corrected chi connectivity index (χ2v) is 8.95. The maximum atomic E-state index is 12.9. The van der Waals surface area contributed by atoms with Crippen molar-refractivity contribution in [1.82, 2.24) is 9.47 Å². The molecule has 0 N–H and O–H groups in total. The normalized spacial score (nSPS) is 21.8. The van der Waals surface area contributed by atoms with Crippen LogP contribution in [0.15, 0.2) is 42.5 Å². The molecule has 2 nitrogen and oxygen atoms in total. The first-order valence-corrected chi connectivity index (χ1v) is 10.8. The number of piperidine rings is 1. The predicted octanol–water partition coefficient (Wildman–Crippen LogP) is 6.29. The lowest BCUT2D eigenvalue weighted by Gasteiger charge is -2.44. The maximum absolute atomic E-state index is 12.9. The topological polar surface area (TPSA) is 8.17 Å². The molecule has 2 atom stereocenters. The molecular formula is C25H27F3N2. The van der Waals surface area contributed by atoms with Gasteiger partial charge in [-0.05, 0) is 75.0 Å². The Morgan fingerprint density at radius 1 is 1.03 bits per heavy atom. The molecule has 2 unspecified atom stereocenters. The van der Waals surface area contributed by atoms with E-state index in [0.29, 0.717) is 12.1 Å². The summed E-state index contributed by atoms with van der Waals surface area (Å²) in [4.78, 5) is 2.56. The summed E-state index contributed by atoms with van der Waals surface area (Å²) in [7, 11) is 2.26. The zero-order valence-electron chi connectivity index (χ0n) is 17.5. The van der Waals surface area contributed by atoms with Gasteiger partial charge in [0.05, 0.1) is 5.56 Å². The van der Waals surface area contributed by atoms with E-state index >= 15 is 0 Å². The molecule has 0 saturated carbocycles. The van der Waals surface area contributed by atoms with E-state index in [1.165, 1.54) is 59.1 Å². The maximum Gasteiger partial charge on any atom is 0.416 e. The molecule has 0 aliphatic carbocycles. The van der Waals surface area contributed by atoms with Crippen LogP contribution in [0.4, 0.5) is 13.2 Å². The number of likely N-dealkylation sites (N-methyl/N-ethyl adjacent to an activating group) is 1. The third kappa shape index (κ3) is 3.24. The van der Waals surface area contributed by atoms with Crippen molar-refractivity contribution in [3.05, 3.63) is 70.4 Å². The molecule has 1 fully saturated rings. The number of hydrogen-bond acceptors (Lipinski definition) is 1. The Morgan fingerprint density at radius 3 is 2.53 bits per heavy atom. The molecule has 2 aromatic carbocycles. The minimum atomic E-state index is -4.28. The molecule has 1 aromatic heterocycles. The molecule has 2 bridgehead atoms. The first-order valence-electron chi connectivity index (χ1n) is 10.8. The second-order valence-electron chi connectivity index (χ2n) is 8.95. The molecule has 5 rings (SSSR count). The zero-order valence-corrected chi connectivity index (χ0v) is 17.5. The molecule has 1 saturated heterocycles. The summed E-state index contributed by atoms with van der Waals surface area (Å²) in [6.45, 7) is 2.94. The Bertz CT molecular complexity index is 1080. The number of fused-ring (bicyclic) bond motifs is 6. The number of benzene rings is 2. The predicted molar refractivity (Wildman–Crippen MR) is 114 cm³/mol. The average Bonchev–Trinajstić information content (AvgIpc) is 2.98. The molecule has 3 heterocycles. The number of alkyl halides is 3. The number of halogens is 3. The van der Waals surface area contributed by atoms with Gasteiger partial charge < -0.3 is 4.57 Å². The Labute approximate surface area is 175 Å². The summed E-state index contributed by atoms with van der Waals surface area (Å²) >= 11 is 0. The van der Waals surface area contributed by atoms with E-state index in [0.717, 1.165) is 24.9 Å². The van der Waals surface area contributed by atoms with E-state index in [4.69, 9.17) is 0 Å². The number of aromatic nitrogens is 1. The number of rotatable bonds is 3. The lowest BCUT2D eigenvalue weighted by atomic mass is 9.82. The fourth-order valence-corrected chi connectivity index (χ4v) is 5.52. The summed E-state index contributed by atoms with van der Waals surface area (Å²) in [6, 6.07) is 13.4. The number of nitrogens with zero attached hydrogens (tertiary/aromatic N) is 2. The first kappa shape index (κ1) is 19.7. The van der Waals surface area contributed by atoms with Crippen molar-refractivity contribution in [2.75, 3.05) is 7.05 Å². The van der Waals surface area contributed by atoms with Crippen LogP contribution in [0.25, 0.3) is 10.9 Å². The minimum absolute atomic E-state index is 0.476. The lowest BCUT2D eigenvalue weighted by molar-refractivity contribution is -0.137. The van der Waals surface area contributed by atoms with Gasteiger partial charge in [0.1, 0.15) is 0 Å². The standard InChI is InChI=1S/C25H27F3N2/c1-16-6-11-21-20(14-16)24-22-5-3-4-19(29(22)2)15-23(24)30(21)13-12-17-7-9-18(10-8-17)25(26,27)28/h6-11,14,19,22H,3-5,12-13,15H2,1-2H3. The molecule has 0 radical (unpaired) electrons. The highest BCUT2D eigenvalue weighted by Gasteiger charge is 2.38. The smallest absolute Gasteiger partial charge is 0.344 e. The quantitative estimate of drug-likeness (QED) is 0.491. The summed E-state index contributed by atoms with van der Waals surface area (Å²) in [5.74, 6) is 0. The van der Waals surface area contributed by atoms with Crippen molar-refractivity contribution in [2.45, 2.75) is 63.8 Å². The van der Waals surface area contributed by atoms with E-state index in [1.54, 1.807) is 12.1 Å². The van der Waals surface area contributed by atoms with E-state index in [9.17, 15) is 13.2 Å². The van der Waals surface area contributed by atoms with E-state index in [2.05, 4.69) is 41.6 Å². The minimum Gasteiger partial charge on any atom is -0.344 e. The third-order valence-electron chi connectivity index (χ3n) is 7.12. The Balaban J connectivity index is 1.51. The van der Waals surface area contributed by atoms with E-state index < -0.39 is 11.7 Å². The zero-order chi connectivity index (χ0) is 21.0. The van der Waals surface area contributed by atoms with E-state index in [-0.39, 0.29) is 0 Å². The fourth-order valence-electron chi connectivity index (χ4n) is 5.52. The number of aryl methyl sites for hydroxylation is 3. The van der Waals surface area contributed by atoms with Crippen LogP contribution < -0.4 is 0 Å². The molecule has 2 aliphatic heterocycles. The molecule has 30 heavy (non-hydrogen) atoms. The Hall–Kier alpha value is -2.27. The van der Waals surface area contributed by atoms with Crippen LogP contribution in [0.2, 0.25) is 0 Å². The molecule has 3 aromatic rings. The van der Waals surface area contributed by atoms with Crippen LogP contribution in [0, 0.1) is 6.92 Å². The average molecular weight is 412 g/mol. The van der Waals surface area contributed by atoms with Crippen LogP contribution in [0.3, 0.4) is 0 Å². The van der Waals surface area contributed by atoms with Crippen LogP contribution in [-0.4, -0.2) is 22.6 Å². The molecule has 0 spiro atoms. The van der Waals surface area contributed by atoms with Gasteiger partial charge in [0.25, 0.3) is 0 Å². The summed E-state index contributed by atoms with van der Waals surface area (Å²) < 4.78 is 41.0. The molecule has 2 aliphatic rings. The van der Waals surface area contributed by atoms with Crippen molar-refractivity contribution >= 4 is 10.9 Å². The molecular weight excluding hydrogens is 385 g/mol. The highest BCUT2D eigenvalue weighted by Crippen LogP contribution is 2.45. The van der Waals surface area contributed by atoms with Gasteiger partial charge in [0.15, 0.2) is 0 Å². The van der Waals surface area contributed by atoms with Gasteiger partial charge in [-0.3, -0.25) is 4.90 Å². The van der Waals surface area contributed by atoms with Crippen molar-refractivity contribution < 1.29 is 13.2 Å². The summed E-state index contributed by atoms with van der Waals surface area (Å²) in [6.07, 6.45) is 1.23. The monoisotopic (exact) mass is 412 g/mol. The summed E-state index contributed by atoms with van der Waals surface area (Å²) in [5.41, 5.74) is 5.82. The van der Waals surface area contributed by atoms with Crippen LogP contribution in [0.5, 0.6) is 0 Å². The van der Waals surface area contributed by atoms with E-state index in [1.807, 2.05) is 0 Å². The number of hydrogen-bond donors (Lipinski definition) is 0. The van der Waals surface area contributed by atoms with Crippen molar-refractivity contribution in [3.8, 4) is 0 Å². The Kier molecular flexibility index (Phi) is 4.69. The third-order valence-corrected chi connectivity index (χ3v) is 7.12. The molecule has 5 heteroatoms. The largest absolute Gasteiger partial charge is 0.416 e. The van der Waals surface area contributed by atoms with Crippen molar-refractivity contribution in [3.63, 3.8) is 0 Å². The lowest BCUT2D eigenvalue weighted by Crippen LogP contribution is -2.44. The van der Waals surface area contributed by atoms with Gasteiger partial charge in [0.2, 0.25) is 0 Å². The van der Waals surface area contributed by atoms with Crippen LogP contribution in [0.1, 0.15) is 53.3 Å². The second kappa shape index (κ2) is 7.16. The van der Waals surface area contributed by atoms with Gasteiger partial charge >= 0.3 is 6.18 Å². The molecule has 0 amide bonds. The van der Waals surface area contributed by atoms with Gasteiger partial charge in [0, 0.05) is 41.6 Å². The first-order chi connectivity index (χ1) is 14.3. The highest BCUT2D eigenvalue weighted by molar-refractivity contribution is 5.87. The van der Waals surface area contributed by atoms with Crippen LogP contribution >= 0.6 is 0 Å². The van der Waals surface area contributed by atoms with Gasteiger partial charge in [-0.25, -0.2) is 0 Å². The van der Waals surface area contributed by atoms with Gasteiger partial charge in [-0.15, -0.1) is 0 Å².